The largest absolute Gasteiger partial charge is 0.496 e. The van der Waals surface area contributed by atoms with E-state index in [4.69, 9.17) is 4.74 Å². The van der Waals surface area contributed by atoms with E-state index in [-0.39, 0.29) is 0 Å². The van der Waals surface area contributed by atoms with Crippen molar-refractivity contribution in [3.05, 3.63) is 51.3 Å². The third-order valence-corrected chi connectivity index (χ3v) is 4.44. The van der Waals surface area contributed by atoms with E-state index in [9.17, 15) is 0 Å². The van der Waals surface area contributed by atoms with Crippen LogP contribution in [-0.4, -0.2) is 12.1 Å². The first kappa shape index (κ1) is 14.9. The predicted octanol–water partition coefficient (Wildman–Crippen LogP) is 4.39. The van der Waals surface area contributed by atoms with Gasteiger partial charge in [0.15, 0.2) is 0 Å². The van der Waals surface area contributed by atoms with Crippen molar-refractivity contribution < 1.29 is 4.74 Å². The Morgan fingerprint density at radius 2 is 1.95 bits per heavy atom. The van der Waals surface area contributed by atoms with E-state index in [1.807, 2.05) is 26.1 Å². The number of nitrogens with zero attached hydrogens (tertiary/aromatic N) is 1. The Balaban J connectivity index is 2.21. The van der Waals surface area contributed by atoms with Gasteiger partial charge in [0.1, 0.15) is 5.75 Å². The molecule has 106 valence electrons. The number of benzene rings is 1. The van der Waals surface area contributed by atoms with Gasteiger partial charge >= 0.3 is 0 Å². The Labute approximate surface area is 128 Å². The fourth-order valence-electron chi connectivity index (χ4n) is 2.21. The summed E-state index contributed by atoms with van der Waals surface area (Å²) in [5, 5.41) is 3.42. The number of anilines is 1. The summed E-state index contributed by atoms with van der Waals surface area (Å²) in [5.74, 6) is 0.917. The topological polar surface area (TPSA) is 34.1 Å². The average Bonchev–Trinajstić information content (AvgIpc) is 2.43. The summed E-state index contributed by atoms with van der Waals surface area (Å²) in [6, 6.07) is 6.17. The smallest absolute Gasteiger partial charge is 0.128 e. The van der Waals surface area contributed by atoms with Crippen molar-refractivity contribution in [1.82, 2.24) is 4.98 Å². The van der Waals surface area contributed by atoms with Crippen LogP contribution in [-0.2, 0) is 6.54 Å². The minimum absolute atomic E-state index is 0.671. The Morgan fingerprint density at radius 1 is 1.20 bits per heavy atom. The van der Waals surface area contributed by atoms with Crippen molar-refractivity contribution in [2.24, 2.45) is 0 Å². The first-order valence-electron chi connectivity index (χ1n) is 6.52. The van der Waals surface area contributed by atoms with Crippen molar-refractivity contribution >= 4 is 21.6 Å². The van der Waals surface area contributed by atoms with Gasteiger partial charge in [0.25, 0.3) is 0 Å². The molecule has 0 aliphatic rings. The number of aromatic nitrogens is 1. The number of rotatable bonds is 4. The molecule has 0 unspecified atom stereocenters. The normalized spacial score (nSPS) is 10.4. The van der Waals surface area contributed by atoms with E-state index in [0.29, 0.717) is 6.54 Å². The summed E-state index contributed by atoms with van der Waals surface area (Å²) >= 11 is 3.60. The maximum atomic E-state index is 5.43. The number of halogens is 1. The molecule has 3 nitrogen and oxygen atoms in total. The molecule has 2 aromatic rings. The summed E-state index contributed by atoms with van der Waals surface area (Å²) in [7, 11) is 1.70. The second-order valence-corrected chi connectivity index (χ2v) is 5.63. The zero-order valence-corrected chi connectivity index (χ0v) is 13.8. The van der Waals surface area contributed by atoms with Crippen LogP contribution in [0.4, 0.5) is 5.69 Å². The third-order valence-electron chi connectivity index (χ3n) is 3.39. The Morgan fingerprint density at radius 3 is 2.65 bits per heavy atom. The van der Waals surface area contributed by atoms with Gasteiger partial charge in [-0.15, -0.1) is 0 Å². The molecule has 0 saturated carbocycles. The molecule has 1 heterocycles. The van der Waals surface area contributed by atoms with E-state index in [2.05, 4.69) is 45.3 Å². The molecule has 1 aromatic heterocycles. The van der Waals surface area contributed by atoms with E-state index in [0.717, 1.165) is 32.7 Å². The highest BCUT2D eigenvalue weighted by Gasteiger charge is 2.10. The molecule has 1 aromatic carbocycles. The highest BCUT2D eigenvalue weighted by molar-refractivity contribution is 9.10. The van der Waals surface area contributed by atoms with Crippen LogP contribution in [0.3, 0.4) is 0 Å². The maximum absolute atomic E-state index is 5.43. The number of ether oxygens (including phenoxy) is 1. The number of hydrogen-bond donors (Lipinski definition) is 1. The predicted molar refractivity (Wildman–Crippen MR) is 86.5 cm³/mol. The molecule has 4 heteroatoms. The number of pyridine rings is 1. The summed E-state index contributed by atoms with van der Waals surface area (Å²) in [6.45, 7) is 6.80. The fraction of sp³-hybridized carbons (Fsp3) is 0.312. The van der Waals surface area contributed by atoms with Crippen molar-refractivity contribution in [2.75, 3.05) is 12.4 Å². The third kappa shape index (κ3) is 2.96. The summed E-state index contributed by atoms with van der Waals surface area (Å²) < 4.78 is 6.53. The lowest BCUT2D eigenvalue weighted by atomic mass is 10.1. The van der Waals surface area contributed by atoms with Gasteiger partial charge < -0.3 is 10.1 Å². The molecule has 2 rings (SSSR count). The second-order valence-electron chi connectivity index (χ2n) is 4.84. The first-order valence-corrected chi connectivity index (χ1v) is 7.32. The zero-order chi connectivity index (χ0) is 14.7. The standard InChI is InChI=1S/C16H19BrN2O/c1-10-6-5-7-13(15(10)17)19-9-14-12(3)16(20-4)11(2)8-18-14/h5-8,19H,9H2,1-4H3. The lowest BCUT2D eigenvalue weighted by molar-refractivity contribution is 0.407. The van der Waals surface area contributed by atoms with Gasteiger partial charge in [0, 0.05) is 27.5 Å². The highest BCUT2D eigenvalue weighted by atomic mass is 79.9. The van der Waals surface area contributed by atoms with Gasteiger partial charge in [0.05, 0.1) is 19.3 Å². The zero-order valence-electron chi connectivity index (χ0n) is 12.2. The van der Waals surface area contributed by atoms with Gasteiger partial charge in [0.2, 0.25) is 0 Å². The summed E-state index contributed by atoms with van der Waals surface area (Å²) in [6.07, 6.45) is 1.86. The van der Waals surface area contributed by atoms with Gasteiger partial charge in [-0.3, -0.25) is 4.98 Å². The molecule has 0 amide bonds. The molecule has 0 bridgehead atoms. The fourth-order valence-corrected chi connectivity index (χ4v) is 2.62. The average molecular weight is 335 g/mol. The van der Waals surface area contributed by atoms with E-state index < -0.39 is 0 Å². The van der Waals surface area contributed by atoms with Gasteiger partial charge in [-0.1, -0.05) is 12.1 Å². The minimum atomic E-state index is 0.671. The van der Waals surface area contributed by atoms with Gasteiger partial charge in [-0.05, 0) is 48.3 Å². The van der Waals surface area contributed by atoms with Crippen LogP contribution in [0.1, 0.15) is 22.4 Å². The Kier molecular flexibility index (Phi) is 4.65. The number of methoxy groups -OCH3 is 1. The molecule has 0 aliphatic carbocycles. The number of nitrogens with one attached hydrogen (secondary N) is 1. The summed E-state index contributed by atoms with van der Waals surface area (Å²) in [5.41, 5.74) is 5.43. The Bertz CT molecular complexity index is 626. The first-order chi connectivity index (χ1) is 9.54. The monoisotopic (exact) mass is 334 g/mol. The molecule has 0 atom stereocenters. The van der Waals surface area contributed by atoms with Gasteiger partial charge in [-0.25, -0.2) is 0 Å². The molecule has 0 spiro atoms. The van der Waals surface area contributed by atoms with Crippen LogP contribution >= 0.6 is 15.9 Å². The van der Waals surface area contributed by atoms with Crippen molar-refractivity contribution in [1.29, 1.82) is 0 Å². The molecule has 1 N–H and O–H groups in total. The number of hydrogen-bond acceptors (Lipinski definition) is 3. The van der Waals surface area contributed by atoms with Crippen LogP contribution in [0.2, 0.25) is 0 Å². The van der Waals surface area contributed by atoms with Crippen LogP contribution < -0.4 is 10.1 Å². The van der Waals surface area contributed by atoms with Crippen LogP contribution in [0, 0.1) is 20.8 Å². The van der Waals surface area contributed by atoms with E-state index in [1.165, 1.54) is 5.56 Å². The second kappa shape index (κ2) is 6.27. The van der Waals surface area contributed by atoms with Crippen LogP contribution in [0.25, 0.3) is 0 Å². The molecular formula is C16H19BrN2O. The minimum Gasteiger partial charge on any atom is -0.496 e. The molecule has 0 radical (unpaired) electrons. The quantitative estimate of drug-likeness (QED) is 0.900. The summed E-state index contributed by atoms with van der Waals surface area (Å²) in [4.78, 5) is 4.50. The van der Waals surface area contributed by atoms with Crippen molar-refractivity contribution in [2.45, 2.75) is 27.3 Å². The number of aryl methyl sites for hydroxylation is 2. The van der Waals surface area contributed by atoms with Crippen LogP contribution in [0.5, 0.6) is 5.75 Å². The van der Waals surface area contributed by atoms with E-state index in [1.54, 1.807) is 7.11 Å². The molecule has 0 saturated heterocycles. The lowest BCUT2D eigenvalue weighted by Gasteiger charge is -2.14. The maximum Gasteiger partial charge on any atom is 0.128 e. The lowest BCUT2D eigenvalue weighted by Crippen LogP contribution is -2.06. The molecule has 0 aliphatic heterocycles. The molecule has 20 heavy (non-hydrogen) atoms. The SMILES string of the molecule is COc1c(C)cnc(CNc2cccc(C)c2Br)c1C. The van der Waals surface area contributed by atoms with Crippen molar-refractivity contribution in [3.8, 4) is 5.75 Å². The van der Waals surface area contributed by atoms with Gasteiger partial charge in [-0.2, -0.15) is 0 Å². The highest BCUT2D eigenvalue weighted by Crippen LogP contribution is 2.28. The van der Waals surface area contributed by atoms with Crippen molar-refractivity contribution in [3.63, 3.8) is 0 Å². The van der Waals surface area contributed by atoms with E-state index >= 15 is 0 Å². The Hall–Kier alpha value is -1.55. The molecular weight excluding hydrogens is 316 g/mol. The van der Waals surface area contributed by atoms with Crippen LogP contribution in [0.15, 0.2) is 28.9 Å². The molecule has 0 fully saturated rings.